The van der Waals surface area contributed by atoms with E-state index in [1.165, 1.54) is 11.3 Å². The van der Waals surface area contributed by atoms with Gasteiger partial charge in [0, 0.05) is 29.9 Å². The lowest BCUT2D eigenvalue weighted by molar-refractivity contribution is 0.0961. The van der Waals surface area contributed by atoms with Gasteiger partial charge in [0.25, 0.3) is 5.91 Å². The first-order valence-electron chi connectivity index (χ1n) is 8.78. The Balaban J connectivity index is 1.74. The van der Waals surface area contributed by atoms with E-state index in [9.17, 15) is 4.79 Å². The van der Waals surface area contributed by atoms with Crippen LogP contribution < -0.4 is 10.1 Å². The van der Waals surface area contributed by atoms with Crippen LogP contribution in [-0.2, 0) is 0 Å². The van der Waals surface area contributed by atoms with Crippen LogP contribution in [0.4, 0.5) is 0 Å². The summed E-state index contributed by atoms with van der Waals surface area (Å²) in [6, 6.07) is 15.3. The van der Waals surface area contributed by atoms with E-state index in [0.29, 0.717) is 15.6 Å². The van der Waals surface area contributed by atoms with Crippen LogP contribution in [-0.4, -0.2) is 22.3 Å². The van der Waals surface area contributed by atoms with E-state index >= 15 is 0 Å². The predicted molar refractivity (Wildman–Crippen MR) is 112 cm³/mol. The van der Waals surface area contributed by atoms with Crippen molar-refractivity contribution in [3.8, 4) is 16.3 Å². The molecule has 0 fully saturated rings. The maximum atomic E-state index is 12.4. The third-order valence-electron chi connectivity index (χ3n) is 4.45. The molecule has 0 aliphatic heterocycles. The van der Waals surface area contributed by atoms with Crippen LogP contribution in [0.3, 0.4) is 0 Å². The summed E-state index contributed by atoms with van der Waals surface area (Å²) in [5, 5.41) is 3.32. The zero-order chi connectivity index (χ0) is 19.7. The number of carbonyl (C=O) groups excluding carboxylic acids is 1. The van der Waals surface area contributed by atoms with Crippen molar-refractivity contribution in [1.82, 2.24) is 14.7 Å². The van der Waals surface area contributed by atoms with Gasteiger partial charge in [0.05, 0.1) is 16.8 Å². The summed E-state index contributed by atoms with van der Waals surface area (Å²) in [7, 11) is 1.61. The summed E-state index contributed by atoms with van der Waals surface area (Å²) in [6.45, 7) is 1.92. The molecule has 1 N–H and O–H groups in total. The number of nitrogens with one attached hydrogen (secondary N) is 1. The fourth-order valence-electron chi connectivity index (χ4n) is 3.03. The molecular formula is C21H18ClN3O2S. The number of carbonyl (C=O) groups is 1. The minimum atomic E-state index is -0.304. The molecule has 4 aromatic rings. The third-order valence-corrected chi connectivity index (χ3v) is 5.93. The van der Waals surface area contributed by atoms with Gasteiger partial charge in [0.1, 0.15) is 22.4 Å². The van der Waals surface area contributed by atoms with Gasteiger partial charge < -0.3 is 10.1 Å². The Morgan fingerprint density at radius 1 is 1.25 bits per heavy atom. The molecule has 7 heteroatoms. The molecule has 0 unspecified atom stereocenters. The number of aromatic nitrogens is 2. The number of imidazole rings is 1. The Labute approximate surface area is 171 Å². The molecule has 0 aliphatic rings. The molecule has 0 saturated heterocycles. The van der Waals surface area contributed by atoms with Gasteiger partial charge in [-0.15, -0.1) is 11.3 Å². The van der Waals surface area contributed by atoms with Crippen molar-refractivity contribution >= 4 is 34.5 Å². The van der Waals surface area contributed by atoms with Gasteiger partial charge in [-0.1, -0.05) is 35.9 Å². The molecule has 1 amide bonds. The van der Waals surface area contributed by atoms with Gasteiger partial charge in [-0.2, -0.15) is 0 Å². The second-order valence-electron chi connectivity index (χ2n) is 6.24. The first kappa shape index (κ1) is 18.5. The van der Waals surface area contributed by atoms with E-state index in [2.05, 4.69) is 10.3 Å². The highest BCUT2D eigenvalue weighted by Gasteiger charge is 2.22. The molecule has 5 nitrogen and oxygen atoms in total. The summed E-state index contributed by atoms with van der Waals surface area (Å²) in [6.07, 6.45) is 3.45. The lowest BCUT2D eigenvalue weighted by Gasteiger charge is -2.16. The van der Waals surface area contributed by atoms with E-state index in [1.807, 2.05) is 66.1 Å². The predicted octanol–water partition coefficient (Wildman–Crippen LogP) is 5.22. The van der Waals surface area contributed by atoms with E-state index < -0.39 is 0 Å². The maximum Gasteiger partial charge on any atom is 0.264 e. The molecule has 1 aromatic carbocycles. The Kier molecular flexibility index (Phi) is 5.07. The van der Waals surface area contributed by atoms with Crippen molar-refractivity contribution in [2.45, 2.75) is 13.0 Å². The van der Waals surface area contributed by atoms with Crippen molar-refractivity contribution in [2.24, 2.45) is 0 Å². The SMILES string of the molecule is CNC(=O)c1sc(-c2cnc3ccccn23)cc1O[C@H](C)c1ccccc1Cl. The zero-order valence-electron chi connectivity index (χ0n) is 15.3. The Hall–Kier alpha value is -2.83. The van der Waals surface area contributed by atoms with Gasteiger partial charge in [-0.05, 0) is 25.1 Å². The summed E-state index contributed by atoms with van der Waals surface area (Å²) < 4.78 is 8.15. The lowest BCUT2D eigenvalue weighted by atomic mass is 10.1. The number of thiophene rings is 1. The number of ether oxygens (including phenoxy) is 1. The molecule has 28 heavy (non-hydrogen) atoms. The fourth-order valence-corrected chi connectivity index (χ4v) is 4.37. The van der Waals surface area contributed by atoms with Gasteiger partial charge in [-0.3, -0.25) is 9.20 Å². The summed E-state index contributed by atoms with van der Waals surface area (Å²) >= 11 is 7.67. The molecule has 0 bridgehead atoms. The molecule has 0 spiro atoms. The van der Waals surface area contributed by atoms with E-state index in [-0.39, 0.29) is 12.0 Å². The second kappa shape index (κ2) is 7.66. The molecule has 4 rings (SSSR count). The molecule has 3 heterocycles. The molecule has 1 atom stereocenters. The summed E-state index contributed by atoms with van der Waals surface area (Å²) in [5.74, 6) is 0.337. The third kappa shape index (κ3) is 3.37. The maximum absolute atomic E-state index is 12.4. The quantitative estimate of drug-likeness (QED) is 0.490. The van der Waals surface area contributed by atoms with Crippen LogP contribution in [0.15, 0.2) is 60.9 Å². The first-order valence-corrected chi connectivity index (χ1v) is 9.97. The first-order chi connectivity index (χ1) is 13.6. The number of fused-ring (bicyclic) bond motifs is 1. The molecule has 0 radical (unpaired) electrons. The van der Waals surface area contributed by atoms with Crippen LogP contribution >= 0.6 is 22.9 Å². The van der Waals surface area contributed by atoms with E-state index in [0.717, 1.165) is 21.8 Å². The molecule has 3 aromatic heterocycles. The van der Waals surface area contributed by atoms with E-state index in [4.69, 9.17) is 16.3 Å². The van der Waals surface area contributed by atoms with Crippen LogP contribution in [0.1, 0.15) is 28.3 Å². The van der Waals surface area contributed by atoms with Crippen LogP contribution in [0.2, 0.25) is 5.02 Å². The minimum absolute atomic E-state index is 0.188. The van der Waals surface area contributed by atoms with Gasteiger partial charge in [0.15, 0.2) is 0 Å². The zero-order valence-corrected chi connectivity index (χ0v) is 16.9. The molecular weight excluding hydrogens is 394 g/mol. The number of hydrogen-bond acceptors (Lipinski definition) is 4. The average molecular weight is 412 g/mol. The highest BCUT2D eigenvalue weighted by Crippen LogP contribution is 2.39. The standard InChI is InChI=1S/C21H18ClN3O2S/c1-13(14-7-3-4-8-15(14)22)27-17-11-18(28-20(17)21(26)23-2)16-12-24-19-9-5-6-10-25(16)19/h3-13H,1-2H3,(H,23,26)/t13-/m1/s1. The molecule has 0 aliphatic carbocycles. The van der Waals surface area contributed by atoms with Crippen molar-refractivity contribution in [3.05, 3.63) is 76.4 Å². The lowest BCUT2D eigenvalue weighted by Crippen LogP contribution is -2.17. The summed E-state index contributed by atoms with van der Waals surface area (Å²) in [4.78, 5) is 18.3. The summed E-state index contributed by atoms with van der Waals surface area (Å²) in [5.41, 5.74) is 2.62. The van der Waals surface area contributed by atoms with Crippen LogP contribution in [0, 0.1) is 0 Å². The Morgan fingerprint density at radius 2 is 2.04 bits per heavy atom. The number of pyridine rings is 1. The average Bonchev–Trinajstić information content (AvgIpc) is 3.31. The van der Waals surface area contributed by atoms with Crippen molar-refractivity contribution in [2.75, 3.05) is 7.05 Å². The van der Waals surface area contributed by atoms with Crippen LogP contribution in [0.5, 0.6) is 5.75 Å². The largest absolute Gasteiger partial charge is 0.484 e. The number of rotatable bonds is 5. The number of halogens is 1. The smallest absolute Gasteiger partial charge is 0.264 e. The highest BCUT2D eigenvalue weighted by molar-refractivity contribution is 7.17. The second-order valence-corrected chi connectivity index (χ2v) is 7.70. The normalized spacial score (nSPS) is 12.1. The number of benzene rings is 1. The number of amides is 1. The molecule has 142 valence electrons. The topological polar surface area (TPSA) is 55.6 Å². The van der Waals surface area contributed by atoms with Gasteiger partial charge in [-0.25, -0.2) is 4.98 Å². The van der Waals surface area contributed by atoms with Crippen molar-refractivity contribution in [3.63, 3.8) is 0 Å². The molecule has 0 saturated carbocycles. The van der Waals surface area contributed by atoms with Crippen LogP contribution in [0.25, 0.3) is 16.2 Å². The van der Waals surface area contributed by atoms with Gasteiger partial charge >= 0.3 is 0 Å². The monoisotopic (exact) mass is 411 g/mol. The number of hydrogen-bond donors (Lipinski definition) is 1. The van der Waals surface area contributed by atoms with Gasteiger partial charge in [0.2, 0.25) is 0 Å². The Morgan fingerprint density at radius 3 is 2.82 bits per heavy atom. The van der Waals surface area contributed by atoms with Crippen molar-refractivity contribution in [1.29, 1.82) is 0 Å². The van der Waals surface area contributed by atoms with Crippen molar-refractivity contribution < 1.29 is 9.53 Å². The fraction of sp³-hybridized carbons (Fsp3) is 0.143. The minimum Gasteiger partial charge on any atom is -0.484 e. The Bertz CT molecular complexity index is 1150. The van der Waals surface area contributed by atoms with E-state index in [1.54, 1.807) is 13.2 Å². The number of nitrogens with zero attached hydrogens (tertiary/aromatic N) is 2. The highest BCUT2D eigenvalue weighted by atomic mass is 35.5.